The fourth-order valence-electron chi connectivity index (χ4n) is 3.01. The van der Waals surface area contributed by atoms with Crippen LogP contribution in [0.4, 0.5) is 11.4 Å². The van der Waals surface area contributed by atoms with Crippen LogP contribution >= 0.6 is 0 Å². The second-order valence-corrected chi connectivity index (χ2v) is 5.01. The number of rotatable bonds is 2. The average Bonchev–Trinajstić information content (AvgIpc) is 2.88. The van der Waals surface area contributed by atoms with Crippen molar-refractivity contribution in [1.29, 1.82) is 0 Å². The van der Waals surface area contributed by atoms with E-state index >= 15 is 0 Å². The van der Waals surface area contributed by atoms with E-state index in [1.54, 1.807) is 7.11 Å². The molecule has 4 heteroatoms. The summed E-state index contributed by atoms with van der Waals surface area (Å²) in [5.74, 6) is 2.48. The quantitative estimate of drug-likeness (QED) is 0.746. The molecule has 2 atom stereocenters. The van der Waals surface area contributed by atoms with E-state index in [1.165, 1.54) is 0 Å². The zero-order valence-electron chi connectivity index (χ0n) is 10.1. The number of nitrogens with zero attached hydrogens (tertiary/aromatic N) is 1. The van der Waals surface area contributed by atoms with Crippen LogP contribution in [-0.4, -0.2) is 33.3 Å². The first-order valence-corrected chi connectivity index (χ1v) is 6.17. The van der Waals surface area contributed by atoms with Crippen LogP contribution in [0.5, 0.6) is 5.75 Å². The summed E-state index contributed by atoms with van der Waals surface area (Å²) in [5.41, 5.74) is 7.81. The number of hydrogen-bond donors (Lipinski definition) is 2. The van der Waals surface area contributed by atoms with Crippen LogP contribution in [0.25, 0.3) is 0 Å². The van der Waals surface area contributed by atoms with E-state index < -0.39 is 0 Å². The molecular weight excluding hydrogens is 214 g/mol. The van der Waals surface area contributed by atoms with Gasteiger partial charge in [-0.05, 0) is 30.0 Å². The van der Waals surface area contributed by atoms with E-state index in [4.69, 9.17) is 10.5 Å². The molecule has 2 saturated heterocycles. The second kappa shape index (κ2) is 4.11. The summed E-state index contributed by atoms with van der Waals surface area (Å²) < 4.78 is 5.42. The summed E-state index contributed by atoms with van der Waals surface area (Å²) >= 11 is 0. The number of anilines is 2. The third-order valence-electron chi connectivity index (χ3n) is 3.93. The molecule has 4 nitrogen and oxygen atoms in total. The molecule has 0 aliphatic carbocycles. The molecule has 1 aromatic rings. The van der Waals surface area contributed by atoms with Gasteiger partial charge in [-0.1, -0.05) is 0 Å². The van der Waals surface area contributed by atoms with Crippen molar-refractivity contribution in [1.82, 2.24) is 5.32 Å². The Kier molecular flexibility index (Phi) is 2.59. The largest absolute Gasteiger partial charge is 0.495 e. The maximum Gasteiger partial charge on any atom is 0.142 e. The normalized spacial score (nSPS) is 27.2. The van der Waals surface area contributed by atoms with Gasteiger partial charge in [-0.25, -0.2) is 0 Å². The highest BCUT2D eigenvalue weighted by molar-refractivity contribution is 5.65. The van der Waals surface area contributed by atoms with Gasteiger partial charge in [-0.2, -0.15) is 0 Å². The van der Waals surface area contributed by atoms with E-state index in [0.717, 1.165) is 55.1 Å². The highest BCUT2D eigenvalue weighted by atomic mass is 16.5. The number of nitrogen functional groups attached to an aromatic ring is 1. The lowest BCUT2D eigenvalue weighted by molar-refractivity contribution is 0.414. The van der Waals surface area contributed by atoms with E-state index in [1.807, 2.05) is 18.2 Å². The molecule has 0 spiro atoms. The Labute approximate surface area is 102 Å². The van der Waals surface area contributed by atoms with Gasteiger partial charge < -0.3 is 20.7 Å². The van der Waals surface area contributed by atoms with Crippen LogP contribution in [0.2, 0.25) is 0 Å². The Hall–Kier alpha value is -1.42. The van der Waals surface area contributed by atoms with Gasteiger partial charge in [0.15, 0.2) is 0 Å². The Morgan fingerprint density at radius 2 is 2.00 bits per heavy atom. The van der Waals surface area contributed by atoms with Crippen LogP contribution in [0, 0.1) is 11.8 Å². The lowest BCUT2D eigenvalue weighted by Gasteiger charge is -2.22. The van der Waals surface area contributed by atoms with Crippen molar-refractivity contribution in [2.45, 2.75) is 0 Å². The zero-order chi connectivity index (χ0) is 11.8. The van der Waals surface area contributed by atoms with E-state index in [2.05, 4.69) is 10.2 Å². The van der Waals surface area contributed by atoms with Gasteiger partial charge in [0.2, 0.25) is 0 Å². The van der Waals surface area contributed by atoms with E-state index in [-0.39, 0.29) is 0 Å². The molecule has 2 heterocycles. The predicted molar refractivity (Wildman–Crippen MR) is 69.5 cm³/mol. The summed E-state index contributed by atoms with van der Waals surface area (Å²) in [6.07, 6.45) is 0. The van der Waals surface area contributed by atoms with E-state index in [0.29, 0.717) is 0 Å². The van der Waals surface area contributed by atoms with Crippen molar-refractivity contribution in [2.24, 2.45) is 11.8 Å². The predicted octanol–water partition coefficient (Wildman–Crippen LogP) is 0.933. The molecular formula is C13H19N3O. The summed E-state index contributed by atoms with van der Waals surface area (Å²) in [6.45, 7) is 4.51. The molecule has 1 aromatic carbocycles. The minimum absolute atomic E-state index is 0.779. The standard InChI is InChI=1S/C13H19N3O/c1-17-13-3-2-11(14)4-12(13)16-7-9-5-15-6-10(9)8-16/h2-4,9-10,15H,5-8,14H2,1H3. The molecule has 17 heavy (non-hydrogen) atoms. The van der Waals surface area contributed by atoms with Crippen LogP contribution in [0.15, 0.2) is 18.2 Å². The fourth-order valence-corrected chi connectivity index (χ4v) is 3.01. The molecule has 0 saturated carbocycles. The Balaban J connectivity index is 1.87. The second-order valence-electron chi connectivity index (χ2n) is 5.01. The molecule has 92 valence electrons. The number of fused-ring (bicyclic) bond motifs is 1. The Morgan fingerprint density at radius 3 is 2.65 bits per heavy atom. The monoisotopic (exact) mass is 233 g/mol. The van der Waals surface area contributed by atoms with Crippen molar-refractivity contribution < 1.29 is 4.74 Å². The molecule has 2 aliphatic heterocycles. The maximum atomic E-state index is 5.87. The third-order valence-corrected chi connectivity index (χ3v) is 3.93. The lowest BCUT2D eigenvalue weighted by Crippen LogP contribution is -2.25. The SMILES string of the molecule is COc1ccc(N)cc1N1CC2CNCC2C1. The van der Waals surface area contributed by atoms with Crippen molar-refractivity contribution in [3.05, 3.63) is 18.2 Å². The summed E-state index contributed by atoms with van der Waals surface area (Å²) in [7, 11) is 1.72. The summed E-state index contributed by atoms with van der Waals surface area (Å²) in [6, 6.07) is 5.87. The first-order valence-electron chi connectivity index (χ1n) is 6.17. The number of nitrogens with one attached hydrogen (secondary N) is 1. The molecule has 2 aliphatic rings. The first-order chi connectivity index (χ1) is 8.28. The van der Waals surface area contributed by atoms with Gasteiger partial charge in [0.25, 0.3) is 0 Å². The fraction of sp³-hybridized carbons (Fsp3) is 0.538. The molecule has 2 fully saturated rings. The Bertz CT molecular complexity index is 409. The van der Waals surface area contributed by atoms with Crippen molar-refractivity contribution >= 4 is 11.4 Å². The molecule has 0 amide bonds. The van der Waals surface area contributed by atoms with Crippen molar-refractivity contribution in [3.8, 4) is 5.75 Å². The van der Waals surface area contributed by atoms with Gasteiger partial charge in [-0.15, -0.1) is 0 Å². The molecule has 3 rings (SSSR count). The van der Waals surface area contributed by atoms with Crippen molar-refractivity contribution in [3.63, 3.8) is 0 Å². The minimum atomic E-state index is 0.779. The topological polar surface area (TPSA) is 50.5 Å². The molecule has 2 unspecified atom stereocenters. The molecule has 0 bridgehead atoms. The van der Waals surface area contributed by atoms with Gasteiger partial charge in [0.05, 0.1) is 12.8 Å². The highest BCUT2D eigenvalue weighted by Crippen LogP contribution is 2.36. The van der Waals surface area contributed by atoms with Gasteiger partial charge in [-0.3, -0.25) is 0 Å². The number of ether oxygens (including phenoxy) is 1. The minimum Gasteiger partial charge on any atom is -0.495 e. The van der Waals surface area contributed by atoms with Crippen LogP contribution in [-0.2, 0) is 0 Å². The number of benzene rings is 1. The van der Waals surface area contributed by atoms with Crippen LogP contribution < -0.4 is 20.7 Å². The zero-order valence-corrected chi connectivity index (χ0v) is 10.1. The molecule has 3 N–H and O–H groups in total. The lowest BCUT2D eigenvalue weighted by atomic mass is 10.0. The number of nitrogens with two attached hydrogens (primary N) is 1. The Morgan fingerprint density at radius 1 is 1.29 bits per heavy atom. The molecule has 0 radical (unpaired) electrons. The van der Waals surface area contributed by atoms with Crippen LogP contribution in [0.1, 0.15) is 0 Å². The molecule has 0 aromatic heterocycles. The maximum absolute atomic E-state index is 5.87. The number of methoxy groups -OCH3 is 1. The number of hydrogen-bond acceptors (Lipinski definition) is 4. The average molecular weight is 233 g/mol. The summed E-state index contributed by atoms with van der Waals surface area (Å²) in [4.78, 5) is 2.41. The van der Waals surface area contributed by atoms with E-state index in [9.17, 15) is 0 Å². The van der Waals surface area contributed by atoms with Crippen LogP contribution in [0.3, 0.4) is 0 Å². The highest BCUT2D eigenvalue weighted by Gasteiger charge is 2.36. The van der Waals surface area contributed by atoms with Gasteiger partial charge >= 0.3 is 0 Å². The van der Waals surface area contributed by atoms with Gasteiger partial charge in [0.1, 0.15) is 5.75 Å². The van der Waals surface area contributed by atoms with Crippen molar-refractivity contribution in [2.75, 3.05) is 43.9 Å². The first kappa shape index (κ1) is 10.7. The summed E-state index contributed by atoms with van der Waals surface area (Å²) in [5, 5.41) is 3.45. The van der Waals surface area contributed by atoms with Gasteiger partial charge in [0, 0.05) is 31.9 Å². The third kappa shape index (κ3) is 1.82. The smallest absolute Gasteiger partial charge is 0.142 e.